The normalized spacial score (nSPS) is 21.8. The van der Waals surface area contributed by atoms with Crippen molar-refractivity contribution in [2.24, 2.45) is 11.8 Å². The number of hydrogen-bond donors (Lipinski definition) is 4. The Bertz CT molecular complexity index is 2580. The van der Waals surface area contributed by atoms with Crippen molar-refractivity contribution in [3.05, 3.63) is 65.9 Å². The Morgan fingerprint density at radius 3 is 2.37 bits per heavy atom. The molecular weight excluding hydrogens is 829 g/mol. The van der Waals surface area contributed by atoms with Crippen molar-refractivity contribution in [1.82, 2.24) is 40.4 Å². The number of fused-ring (bicyclic) bond motifs is 6. The molecule has 0 aliphatic carbocycles. The number of rotatable bonds is 12. The molecule has 65 heavy (non-hydrogen) atoms. The van der Waals surface area contributed by atoms with Crippen LogP contribution in [0.1, 0.15) is 104 Å². The molecule has 3 aliphatic heterocycles. The van der Waals surface area contributed by atoms with E-state index in [1.807, 2.05) is 52.5 Å². The van der Waals surface area contributed by atoms with Gasteiger partial charge in [0.25, 0.3) is 0 Å². The number of likely N-dealkylation sites (tertiary alicyclic amines) is 1. The van der Waals surface area contributed by atoms with Gasteiger partial charge in [0.1, 0.15) is 36.1 Å². The number of benzene rings is 3. The van der Waals surface area contributed by atoms with Crippen LogP contribution < -0.4 is 15.4 Å². The van der Waals surface area contributed by atoms with E-state index in [-0.39, 0.29) is 60.5 Å². The lowest BCUT2D eigenvalue weighted by atomic mass is 9.85. The number of nitrogens with zero attached hydrogens (tertiary/aromatic N) is 4. The van der Waals surface area contributed by atoms with Gasteiger partial charge in [-0.3, -0.25) is 9.59 Å². The van der Waals surface area contributed by atoms with E-state index < -0.39 is 24.3 Å². The maximum absolute atomic E-state index is 14.6. The molecule has 5 heterocycles. The van der Waals surface area contributed by atoms with Crippen LogP contribution in [0.5, 0.6) is 5.75 Å². The molecule has 0 spiro atoms. The maximum atomic E-state index is 14.6. The van der Waals surface area contributed by atoms with Crippen molar-refractivity contribution in [3.8, 4) is 28.1 Å². The summed E-state index contributed by atoms with van der Waals surface area (Å²) >= 11 is 0. The van der Waals surface area contributed by atoms with Crippen LogP contribution in [0.15, 0.2) is 48.7 Å². The van der Waals surface area contributed by atoms with Crippen molar-refractivity contribution in [2.75, 3.05) is 14.2 Å². The monoisotopic (exact) mass is 890 g/mol. The van der Waals surface area contributed by atoms with E-state index in [4.69, 9.17) is 23.9 Å². The number of aromatic nitrogens is 4. The van der Waals surface area contributed by atoms with Gasteiger partial charge in [-0.1, -0.05) is 39.0 Å². The zero-order valence-electron chi connectivity index (χ0n) is 38.8. The Morgan fingerprint density at radius 2 is 1.66 bits per heavy atom. The average Bonchev–Trinajstić information content (AvgIpc) is 4.05. The third kappa shape index (κ3) is 9.09. The SMILES string of the molecule is CC[C@H](C)N(Cc1ncc(-c2ccc3c(c2)COc2cc4c(ccc5[nH]c([C@@H]6CC[C@H](C)N6C(=O)[C@@H](NC(=O)OC)C6C[C@@H](C)O[C@@H](C)C6)nc54)cc2-3)[nH]1)C(=O)[C@@H](NC(=O)OC)C(C)C. The summed E-state index contributed by atoms with van der Waals surface area (Å²) in [5.74, 6) is 1.53. The standard InChI is InChI=1S/C49H62N8O8/c1-10-26(4)56(46(58)42(25(2)3)54-48(60)62-8)23-41-50-22-38(51-41)31-12-14-34-33(19-31)24-64-40-21-35-30(20-36(34)40)13-15-37-44(35)53-45(52-37)39-16-11-27(5)57(39)47(59)43(55-49(61)63-9)32-17-28(6)65-29(7)18-32/h12-15,19-22,25-29,32,39,42-43H,10-11,16-18,23-24H2,1-9H3,(H,50,51)(H,52,53)(H,54,60)(H,55,61)/t26-,27-,28-,29+,32?,39-,42-,43-/m0/s1. The van der Waals surface area contributed by atoms with Crippen LogP contribution in [0.2, 0.25) is 0 Å². The van der Waals surface area contributed by atoms with Crippen LogP contribution in [0.3, 0.4) is 0 Å². The molecule has 0 bridgehead atoms. The highest BCUT2D eigenvalue weighted by molar-refractivity contribution is 6.07. The average molecular weight is 891 g/mol. The minimum Gasteiger partial charge on any atom is -0.488 e. The molecule has 8 atom stereocenters. The van der Waals surface area contributed by atoms with Gasteiger partial charge in [-0.25, -0.2) is 19.6 Å². The fraction of sp³-hybridized carbons (Fsp3) is 0.510. The number of H-pyrrole nitrogens is 2. The number of aromatic amines is 2. The van der Waals surface area contributed by atoms with Gasteiger partial charge in [0, 0.05) is 23.0 Å². The highest BCUT2D eigenvalue weighted by Crippen LogP contribution is 2.44. The Balaban J connectivity index is 1.03. The molecule has 1 unspecified atom stereocenters. The molecule has 3 aliphatic rings. The molecule has 2 saturated heterocycles. The number of carbonyl (C=O) groups is 4. The molecular formula is C49H62N8O8. The molecule has 3 aromatic carbocycles. The van der Waals surface area contributed by atoms with Gasteiger partial charge in [0.05, 0.1) is 61.9 Å². The second-order valence-corrected chi connectivity index (χ2v) is 18.4. The van der Waals surface area contributed by atoms with Crippen LogP contribution in [-0.4, -0.2) is 104 Å². The predicted molar refractivity (Wildman–Crippen MR) is 246 cm³/mol. The van der Waals surface area contributed by atoms with Crippen molar-refractivity contribution < 1.29 is 38.1 Å². The molecule has 0 saturated carbocycles. The van der Waals surface area contributed by atoms with E-state index in [1.165, 1.54) is 14.2 Å². The largest absolute Gasteiger partial charge is 0.488 e. The quantitative estimate of drug-likeness (QED) is 0.0950. The van der Waals surface area contributed by atoms with Crippen LogP contribution in [0, 0.1) is 11.8 Å². The molecule has 4 amide bonds. The summed E-state index contributed by atoms with van der Waals surface area (Å²) in [5, 5.41) is 7.55. The van der Waals surface area contributed by atoms with Crippen LogP contribution in [0.25, 0.3) is 44.2 Å². The number of hydrogen-bond acceptors (Lipinski definition) is 10. The first kappa shape index (κ1) is 45.4. The van der Waals surface area contributed by atoms with E-state index in [0.717, 1.165) is 74.8 Å². The smallest absolute Gasteiger partial charge is 0.407 e. The minimum atomic E-state index is -0.756. The zero-order chi connectivity index (χ0) is 46.3. The van der Waals surface area contributed by atoms with Gasteiger partial charge < -0.3 is 49.3 Å². The lowest BCUT2D eigenvalue weighted by molar-refractivity contribution is -0.140. The van der Waals surface area contributed by atoms with Gasteiger partial charge in [0.15, 0.2) is 0 Å². The molecule has 4 N–H and O–H groups in total. The van der Waals surface area contributed by atoms with Gasteiger partial charge in [-0.05, 0) is 118 Å². The summed E-state index contributed by atoms with van der Waals surface area (Å²) in [5.41, 5.74) is 6.50. The summed E-state index contributed by atoms with van der Waals surface area (Å²) in [6.07, 6.45) is 4.01. The van der Waals surface area contributed by atoms with Crippen molar-refractivity contribution in [1.29, 1.82) is 0 Å². The van der Waals surface area contributed by atoms with Crippen LogP contribution >= 0.6 is 0 Å². The second kappa shape index (κ2) is 18.7. The number of imidazole rings is 2. The number of alkyl carbamates (subject to hydrolysis) is 2. The Kier molecular flexibility index (Phi) is 13.1. The molecule has 16 nitrogen and oxygen atoms in total. The number of methoxy groups -OCH3 is 2. The molecule has 2 aromatic heterocycles. The van der Waals surface area contributed by atoms with E-state index in [9.17, 15) is 19.2 Å². The molecule has 346 valence electrons. The van der Waals surface area contributed by atoms with Crippen LogP contribution in [0.4, 0.5) is 9.59 Å². The first-order chi connectivity index (χ1) is 31.2. The Morgan fingerprint density at radius 1 is 0.923 bits per heavy atom. The van der Waals surface area contributed by atoms with Gasteiger partial charge in [-0.15, -0.1) is 0 Å². The van der Waals surface area contributed by atoms with Crippen molar-refractivity contribution in [3.63, 3.8) is 0 Å². The molecule has 2 fully saturated rings. The van der Waals surface area contributed by atoms with Crippen molar-refractivity contribution >= 4 is 45.8 Å². The van der Waals surface area contributed by atoms with E-state index >= 15 is 0 Å². The number of ether oxygens (including phenoxy) is 4. The van der Waals surface area contributed by atoms with Gasteiger partial charge >= 0.3 is 12.2 Å². The van der Waals surface area contributed by atoms with E-state index in [1.54, 1.807) is 11.1 Å². The van der Waals surface area contributed by atoms with Crippen molar-refractivity contribution in [2.45, 2.75) is 136 Å². The summed E-state index contributed by atoms with van der Waals surface area (Å²) < 4.78 is 22.2. The summed E-state index contributed by atoms with van der Waals surface area (Å²) in [6, 6.07) is 12.7. The lowest BCUT2D eigenvalue weighted by Crippen LogP contribution is -2.55. The fourth-order valence-electron chi connectivity index (χ4n) is 10.0. The van der Waals surface area contributed by atoms with E-state index in [0.29, 0.717) is 31.1 Å². The highest BCUT2D eigenvalue weighted by Gasteiger charge is 2.44. The lowest BCUT2D eigenvalue weighted by Gasteiger charge is -2.39. The zero-order valence-corrected chi connectivity index (χ0v) is 38.8. The summed E-state index contributed by atoms with van der Waals surface area (Å²) in [4.78, 5) is 73.6. The third-order valence-corrected chi connectivity index (χ3v) is 13.6. The number of amides is 4. The highest BCUT2D eigenvalue weighted by atomic mass is 16.5. The number of carbonyl (C=O) groups excluding carboxylic acids is 4. The van der Waals surface area contributed by atoms with Gasteiger partial charge in [0.2, 0.25) is 11.8 Å². The topological polar surface area (TPSA) is 193 Å². The summed E-state index contributed by atoms with van der Waals surface area (Å²) in [6.45, 7) is 14.5. The summed E-state index contributed by atoms with van der Waals surface area (Å²) in [7, 11) is 2.60. The molecule has 0 radical (unpaired) electrons. The fourth-order valence-corrected chi connectivity index (χ4v) is 10.0. The van der Waals surface area contributed by atoms with Crippen LogP contribution in [-0.2, 0) is 37.0 Å². The molecule has 16 heteroatoms. The maximum Gasteiger partial charge on any atom is 0.407 e. The molecule has 5 aromatic rings. The Labute approximate surface area is 379 Å². The third-order valence-electron chi connectivity index (χ3n) is 13.6. The second-order valence-electron chi connectivity index (χ2n) is 18.4. The minimum absolute atomic E-state index is 0.0354. The first-order valence-electron chi connectivity index (χ1n) is 22.9. The predicted octanol–water partition coefficient (Wildman–Crippen LogP) is 8.15. The first-order valence-corrected chi connectivity index (χ1v) is 22.9. The number of nitrogens with one attached hydrogen (secondary N) is 4. The Hall–Kier alpha value is -6.16. The van der Waals surface area contributed by atoms with E-state index in [2.05, 4.69) is 68.9 Å². The van der Waals surface area contributed by atoms with Gasteiger partial charge in [-0.2, -0.15) is 0 Å². The molecule has 8 rings (SSSR count).